The number of benzene rings is 2. The van der Waals surface area contributed by atoms with Crippen LogP contribution >= 0.6 is 0 Å². The Hall–Kier alpha value is -2.29. The summed E-state index contributed by atoms with van der Waals surface area (Å²) in [7, 11) is -3.47. The van der Waals surface area contributed by atoms with Gasteiger partial charge in [0.25, 0.3) is 0 Å². The predicted octanol–water partition coefficient (Wildman–Crippen LogP) is 3.09. The van der Waals surface area contributed by atoms with Crippen LogP contribution in [0.3, 0.4) is 0 Å². The Bertz CT molecular complexity index is 920. The molecule has 6 nitrogen and oxygen atoms in total. The van der Waals surface area contributed by atoms with Crippen LogP contribution in [0.4, 0.5) is 4.39 Å². The van der Waals surface area contributed by atoms with Crippen molar-refractivity contribution in [2.75, 3.05) is 19.7 Å². The molecule has 0 aromatic heterocycles. The first-order valence-electron chi connectivity index (χ1n) is 10.2. The van der Waals surface area contributed by atoms with E-state index in [1.54, 1.807) is 12.1 Å². The second kappa shape index (κ2) is 8.83. The minimum absolute atomic E-state index is 0.145. The average molecular weight is 433 g/mol. The van der Waals surface area contributed by atoms with E-state index in [9.17, 15) is 17.9 Å². The number of nitrogens with zero attached hydrogens (tertiary/aromatic N) is 1. The number of ether oxygens (including phenoxy) is 1. The third kappa shape index (κ3) is 4.71. The number of amides is 1. The first kappa shape index (κ1) is 21.0. The molecule has 30 heavy (non-hydrogen) atoms. The quantitative estimate of drug-likeness (QED) is 0.513. The van der Waals surface area contributed by atoms with Gasteiger partial charge in [-0.2, -0.15) is 0 Å². The summed E-state index contributed by atoms with van der Waals surface area (Å²) in [6.45, 7) is 0.807. The highest BCUT2D eigenvalue weighted by Crippen LogP contribution is 2.45. The third-order valence-electron chi connectivity index (χ3n) is 5.57. The van der Waals surface area contributed by atoms with E-state index < -0.39 is 22.4 Å². The second-order valence-corrected chi connectivity index (χ2v) is 9.93. The molecule has 0 bridgehead atoms. The summed E-state index contributed by atoms with van der Waals surface area (Å²) < 4.78 is 46.2. The Labute approximate surface area is 176 Å². The number of rotatable bonds is 8. The topological polar surface area (TPSA) is 81.7 Å². The number of halogens is 1. The summed E-state index contributed by atoms with van der Waals surface area (Å²) in [5.41, 5.74) is 0.711. The molecule has 1 N–H and O–H groups in total. The number of sulfonamides is 1. The third-order valence-corrected chi connectivity index (χ3v) is 7.94. The molecule has 2 aromatic rings. The molecule has 2 aliphatic rings. The van der Waals surface area contributed by atoms with E-state index in [1.165, 1.54) is 16.4 Å². The summed E-state index contributed by atoms with van der Waals surface area (Å²) in [5.74, 6) is -0.288. The molecule has 1 aliphatic heterocycles. The molecule has 1 unspecified atom stereocenters. The molecule has 4 rings (SSSR count). The van der Waals surface area contributed by atoms with E-state index in [4.69, 9.17) is 4.74 Å². The van der Waals surface area contributed by atoms with Crippen LogP contribution in [0, 0.1) is 11.7 Å². The average Bonchev–Trinajstić information content (AvgIpc) is 3.52. The Balaban J connectivity index is 1.39. The van der Waals surface area contributed by atoms with Crippen molar-refractivity contribution >= 4 is 16.3 Å². The maximum Gasteiger partial charge on any atom is 0.224 e. The Kier molecular flexibility index (Phi) is 6.17. The molecule has 160 valence electrons. The van der Waals surface area contributed by atoms with Gasteiger partial charge in [-0.25, -0.2) is 4.39 Å². The van der Waals surface area contributed by atoms with E-state index in [0.29, 0.717) is 38.0 Å². The van der Waals surface area contributed by atoms with Crippen LogP contribution < -0.4 is 10.1 Å². The van der Waals surface area contributed by atoms with Crippen molar-refractivity contribution in [1.29, 1.82) is 0 Å². The van der Waals surface area contributed by atoms with Crippen molar-refractivity contribution in [2.45, 2.75) is 30.6 Å². The minimum Gasteiger partial charge on any atom is -0.597 e. The van der Waals surface area contributed by atoms with Gasteiger partial charge in [-0.05, 0) is 36.2 Å². The van der Waals surface area contributed by atoms with Gasteiger partial charge < -0.3 is 14.6 Å². The fourth-order valence-electron chi connectivity index (χ4n) is 3.83. The second-order valence-electron chi connectivity index (χ2n) is 7.77. The number of hydrogen-bond acceptors (Lipinski definition) is 4. The zero-order chi connectivity index (χ0) is 21.1. The van der Waals surface area contributed by atoms with Crippen LogP contribution in [-0.2, 0) is 19.4 Å². The summed E-state index contributed by atoms with van der Waals surface area (Å²) in [6, 6.07) is 14.7. The highest BCUT2D eigenvalue weighted by molar-refractivity contribution is 7.96. The van der Waals surface area contributed by atoms with Crippen molar-refractivity contribution in [2.24, 2.45) is 5.92 Å². The lowest BCUT2D eigenvalue weighted by Gasteiger charge is -2.29. The Morgan fingerprint density at radius 1 is 1.17 bits per heavy atom. The molecule has 2 aromatic carbocycles. The molecule has 1 aliphatic carbocycles. The minimum atomic E-state index is -3.47. The van der Waals surface area contributed by atoms with Crippen LogP contribution in [-0.4, -0.2) is 39.7 Å². The number of nitrogens with one attached hydrogen (secondary N) is 1. The van der Waals surface area contributed by atoms with Crippen LogP contribution in [0.15, 0.2) is 54.6 Å². The van der Waals surface area contributed by atoms with Gasteiger partial charge in [0.2, 0.25) is 5.91 Å². The lowest BCUT2D eigenvalue weighted by atomic mass is 9.99. The van der Waals surface area contributed by atoms with Crippen molar-refractivity contribution in [3.63, 3.8) is 0 Å². The van der Waals surface area contributed by atoms with Crippen LogP contribution in [0.1, 0.15) is 30.9 Å². The predicted molar refractivity (Wildman–Crippen MR) is 111 cm³/mol. The van der Waals surface area contributed by atoms with Gasteiger partial charge in [0, 0.05) is 12.8 Å². The lowest BCUT2D eigenvalue weighted by molar-refractivity contribution is -0.124. The van der Waals surface area contributed by atoms with E-state index in [2.05, 4.69) is 5.32 Å². The molecule has 2 fully saturated rings. The van der Waals surface area contributed by atoms with Gasteiger partial charge in [0.1, 0.15) is 33.8 Å². The molecule has 8 heteroatoms. The highest BCUT2D eigenvalue weighted by Gasteiger charge is 2.52. The van der Waals surface area contributed by atoms with Crippen molar-refractivity contribution in [1.82, 2.24) is 9.62 Å². The molecule has 3 atom stereocenters. The zero-order valence-corrected chi connectivity index (χ0v) is 17.4. The molecular formula is C22H25FN2O4S. The zero-order valence-electron chi connectivity index (χ0n) is 16.5. The molecular weight excluding hydrogens is 407 g/mol. The highest BCUT2D eigenvalue weighted by atomic mass is 32.3. The van der Waals surface area contributed by atoms with Gasteiger partial charge in [0.05, 0.1) is 25.0 Å². The summed E-state index contributed by atoms with van der Waals surface area (Å²) in [5, 5.41) is 2.49. The van der Waals surface area contributed by atoms with Gasteiger partial charge in [-0.3, -0.25) is 4.79 Å². The van der Waals surface area contributed by atoms with Crippen LogP contribution in [0.2, 0.25) is 0 Å². The number of para-hydroxylation sites is 1. The SMILES string of the molecule is O=C(NCCOc1ccccc1)[C@@H]1C[C@H](c2ccc(F)cc2)N([S+](=O)([O-])C2CC2)C1. The van der Waals surface area contributed by atoms with Crippen LogP contribution in [0.5, 0.6) is 5.75 Å². The molecule has 0 radical (unpaired) electrons. The molecule has 0 spiro atoms. The summed E-state index contributed by atoms with van der Waals surface area (Å²) in [4.78, 5) is 12.7. The van der Waals surface area contributed by atoms with Gasteiger partial charge in [-0.15, -0.1) is 4.31 Å². The van der Waals surface area contributed by atoms with Gasteiger partial charge in [0.15, 0.2) is 0 Å². The normalized spacial score (nSPS) is 23.7. The standard InChI is InChI=1S/C22H25FN2O4S/c23-18-8-6-16(7-9-18)21-14-17(15-25(21)30(27,28)20-10-11-20)22(26)24-12-13-29-19-4-2-1-3-5-19/h1-9,17,20-21H,10-15H2,(H-,24,26,27,28)/t17-,21-/m1/s1. The largest absolute Gasteiger partial charge is 0.597 e. The smallest absolute Gasteiger partial charge is 0.224 e. The number of carbonyl (C=O) groups is 1. The maximum atomic E-state index is 13.3. The molecule has 1 amide bonds. The first-order chi connectivity index (χ1) is 14.4. The van der Waals surface area contributed by atoms with Crippen molar-refractivity contribution < 1.29 is 22.7 Å². The van der Waals surface area contributed by atoms with E-state index in [0.717, 1.165) is 5.75 Å². The Morgan fingerprint density at radius 3 is 2.53 bits per heavy atom. The molecule has 1 heterocycles. The van der Waals surface area contributed by atoms with Crippen molar-refractivity contribution in [3.8, 4) is 5.75 Å². The van der Waals surface area contributed by atoms with E-state index in [1.807, 2.05) is 30.3 Å². The van der Waals surface area contributed by atoms with E-state index >= 15 is 0 Å². The molecule has 1 saturated carbocycles. The summed E-state index contributed by atoms with van der Waals surface area (Å²) in [6.07, 6.45) is 1.69. The first-order valence-corrected chi connectivity index (χ1v) is 11.7. The fraction of sp³-hybridized carbons (Fsp3) is 0.409. The lowest BCUT2D eigenvalue weighted by Crippen LogP contribution is -2.41. The van der Waals surface area contributed by atoms with Gasteiger partial charge in [-0.1, -0.05) is 34.5 Å². The number of carbonyl (C=O) groups excluding carboxylic acids is 1. The number of hydrogen-bond donors (Lipinski definition) is 1. The monoisotopic (exact) mass is 432 g/mol. The Morgan fingerprint density at radius 2 is 1.87 bits per heavy atom. The fourth-order valence-corrected chi connectivity index (χ4v) is 5.89. The van der Waals surface area contributed by atoms with Crippen molar-refractivity contribution in [3.05, 3.63) is 66.0 Å². The summed E-state index contributed by atoms with van der Waals surface area (Å²) >= 11 is 0. The van der Waals surface area contributed by atoms with Crippen LogP contribution in [0.25, 0.3) is 0 Å². The molecule has 1 saturated heterocycles. The van der Waals surface area contributed by atoms with E-state index in [-0.39, 0.29) is 23.5 Å². The van der Waals surface area contributed by atoms with Gasteiger partial charge >= 0.3 is 0 Å². The maximum absolute atomic E-state index is 13.3.